The van der Waals surface area contributed by atoms with E-state index in [1.165, 1.54) is 83.5 Å². The lowest BCUT2D eigenvalue weighted by molar-refractivity contribution is -0.116. The Bertz CT molecular complexity index is 1490. The normalized spacial score (nSPS) is 15.3. The Balaban J connectivity index is 1.45. The second-order valence-corrected chi connectivity index (χ2v) is 14.2. The van der Waals surface area contributed by atoms with Crippen LogP contribution in [0.3, 0.4) is 0 Å². The highest BCUT2D eigenvalue weighted by molar-refractivity contribution is 7.47. The van der Waals surface area contributed by atoms with Crippen LogP contribution < -0.4 is 10.5 Å². The third kappa shape index (κ3) is 14.2. The fraction of sp³-hybridized carbons (Fsp3) is 0.657. The summed E-state index contributed by atoms with van der Waals surface area (Å²) in [6, 6.07) is 8.59. The van der Waals surface area contributed by atoms with Gasteiger partial charge in [-0.1, -0.05) is 77.6 Å². The largest absolute Gasteiger partial charge is 0.472 e. The van der Waals surface area contributed by atoms with Crippen molar-refractivity contribution in [2.45, 2.75) is 115 Å². The van der Waals surface area contributed by atoms with Crippen LogP contribution in [0.5, 0.6) is 5.88 Å². The number of nitrogen functional groups attached to an aromatic ring is 1. The number of unbranched alkanes of at least 4 members (excludes halogenated alkanes) is 11. The van der Waals surface area contributed by atoms with Gasteiger partial charge in [0.15, 0.2) is 5.82 Å². The number of methoxy groups -OCH3 is 1. The highest BCUT2D eigenvalue weighted by Gasteiger charge is 2.38. The molecule has 14 nitrogen and oxygen atoms in total. The number of hydrogen-bond donors (Lipinski definition) is 3. The first-order valence-corrected chi connectivity index (χ1v) is 19.1. The van der Waals surface area contributed by atoms with Crippen molar-refractivity contribution in [3.05, 3.63) is 48.0 Å². The number of phosphoric acid groups is 1. The van der Waals surface area contributed by atoms with Crippen molar-refractivity contribution in [3.8, 4) is 11.9 Å². The molecule has 0 aromatic carbocycles. The molecule has 0 radical (unpaired) electrons. The molecule has 0 aliphatic heterocycles. The van der Waals surface area contributed by atoms with E-state index in [-0.39, 0.29) is 25.5 Å². The molecule has 3 rings (SSSR count). The van der Waals surface area contributed by atoms with Crippen LogP contribution in [0.2, 0.25) is 0 Å². The molecule has 50 heavy (non-hydrogen) atoms. The summed E-state index contributed by atoms with van der Waals surface area (Å²) in [5, 5.41) is 24.3. The number of aromatic nitrogens is 4. The average Bonchev–Trinajstić information content (AvgIpc) is 3.53. The zero-order chi connectivity index (χ0) is 36.2. The molecular weight excluding hydrogens is 663 g/mol. The van der Waals surface area contributed by atoms with Crippen molar-refractivity contribution in [1.29, 1.82) is 5.26 Å². The predicted molar refractivity (Wildman–Crippen MR) is 190 cm³/mol. The summed E-state index contributed by atoms with van der Waals surface area (Å²) in [7, 11) is -3.27. The van der Waals surface area contributed by atoms with Gasteiger partial charge in [-0.2, -0.15) is 10.4 Å². The van der Waals surface area contributed by atoms with Gasteiger partial charge < -0.3 is 29.9 Å². The van der Waals surface area contributed by atoms with Gasteiger partial charge in [0.05, 0.1) is 31.5 Å². The zero-order valence-corrected chi connectivity index (χ0v) is 30.6. The van der Waals surface area contributed by atoms with E-state index < -0.39 is 32.2 Å². The monoisotopic (exact) mass is 718 g/mol. The maximum atomic E-state index is 13.0. The van der Waals surface area contributed by atoms with Gasteiger partial charge in [0.2, 0.25) is 5.88 Å². The Morgan fingerprint density at radius 1 is 0.980 bits per heavy atom. The molecule has 0 spiro atoms. The van der Waals surface area contributed by atoms with Crippen molar-refractivity contribution in [2.24, 2.45) is 0 Å². The number of aliphatic hydroxyl groups excluding tert-OH is 1. The molecule has 0 amide bonds. The van der Waals surface area contributed by atoms with E-state index in [0.717, 1.165) is 19.3 Å². The lowest BCUT2D eigenvalue weighted by Crippen LogP contribution is -2.46. The van der Waals surface area contributed by atoms with E-state index in [9.17, 15) is 14.6 Å². The summed E-state index contributed by atoms with van der Waals surface area (Å²) in [6.07, 6.45) is 15.7. The van der Waals surface area contributed by atoms with Crippen LogP contribution >= 0.6 is 7.82 Å². The topological polar surface area (TPSA) is 197 Å². The van der Waals surface area contributed by atoms with Crippen molar-refractivity contribution < 1.29 is 37.8 Å². The minimum absolute atomic E-state index is 0.0769. The molecular formula is C35H55N6O8P. The first-order valence-electron chi connectivity index (χ1n) is 17.6. The molecule has 4 N–H and O–H groups in total. The Labute approximate surface area is 295 Å². The number of hydrogen-bond acceptors (Lipinski definition) is 12. The van der Waals surface area contributed by atoms with E-state index in [1.54, 1.807) is 29.6 Å². The smallest absolute Gasteiger partial charge is 0.469 e. The fourth-order valence-corrected chi connectivity index (χ4v) is 6.20. The lowest BCUT2D eigenvalue weighted by atomic mass is 9.96. The van der Waals surface area contributed by atoms with Gasteiger partial charge in [0.25, 0.3) is 0 Å². The summed E-state index contributed by atoms with van der Waals surface area (Å²) < 4.78 is 42.4. The lowest BCUT2D eigenvalue weighted by Gasteiger charge is -2.33. The molecule has 3 heterocycles. The average molecular weight is 719 g/mol. The van der Waals surface area contributed by atoms with E-state index in [2.05, 4.69) is 22.0 Å². The fourth-order valence-electron chi connectivity index (χ4n) is 5.35. The van der Waals surface area contributed by atoms with Gasteiger partial charge in [0.1, 0.15) is 29.6 Å². The Morgan fingerprint density at radius 2 is 1.66 bits per heavy atom. The molecule has 0 bridgehead atoms. The van der Waals surface area contributed by atoms with Crippen LogP contribution in [0.25, 0.3) is 5.52 Å². The standard InChI is InChI=1S/C35H55N6O8P/c1-4-5-6-7-8-9-10-11-12-13-14-15-20-46-24-30(49-33-19-16-28(22-36)23-38-33)25-47-50(43,44)48-26-35(2,45-3)32(42)21-29-17-18-31-34(37)39-27-40-41(29)31/h16-19,23,27,30,32,42H,4-15,20-21,24-26H2,1-3H3,(H,43,44)(H2,37,39,40)/t30-,32+,35-/m1/s1. The first kappa shape index (κ1) is 41.3. The van der Waals surface area contributed by atoms with Crippen molar-refractivity contribution in [2.75, 3.05) is 39.3 Å². The number of nitrogens with two attached hydrogens (primary N) is 1. The highest BCUT2D eigenvalue weighted by atomic mass is 31.2. The molecule has 0 saturated heterocycles. The molecule has 1 unspecified atom stereocenters. The number of fused-ring (bicyclic) bond motifs is 1. The number of anilines is 1. The van der Waals surface area contributed by atoms with Gasteiger partial charge in [-0.3, -0.25) is 9.05 Å². The Kier molecular flexibility index (Phi) is 18.1. The summed E-state index contributed by atoms with van der Waals surface area (Å²) in [5.41, 5.74) is 6.11. The highest BCUT2D eigenvalue weighted by Crippen LogP contribution is 2.44. The molecule has 3 aromatic heterocycles. The van der Waals surface area contributed by atoms with Gasteiger partial charge in [-0.05, 0) is 31.5 Å². The van der Waals surface area contributed by atoms with Crippen LogP contribution in [0, 0.1) is 11.3 Å². The van der Waals surface area contributed by atoms with Crippen molar-refractivity contribution in [3.63, 3.8) is 0 Å². The number of pyridine rings is 1. The summed E-state index contributed by atoms with van der Waals surface area (Å²) in [6.45, 7) is 3.57. The second kappa shape index (κ2) is 21.9. The summed E-state index contributed by atoms with van der Waals surface area (Å²) in [4.78, 5) is 18.6. The maximum absolute atomic E-state index is 13.0. The maximum Gasteiger partial charge on any atom is 0.472 e. The van der Waals surface area contributed by atoms with E-state index in [4.69, 9.17) is 34.3 Å². The van der Waals surface area contributed by atoms with Crippen LogP contribution in [-0.4, -0.2) is 80.9 Å². The van der Waals surface area contributed by atoms with Crippen LogP contribution in [0.1, 0.15) is 102 Å². The minimum atomic E-state index is -4.64. The third-order valence-corrected chi connectivity index (χ3v) is 9.60. The molecule has 278 valence electrons. The predicted octanol–water partition coefficient (Wildman–Crippen LogP) is 6.19. The van der Waals surface area contributed by atoms with Gasteiger partial charge in [-0.15, -0.1) is 0 Å². The van der Waals surface area contributed by atoms with Crippen LogP contribution in [0.4, 0.5) is 5.82 Å². The zero-order valence-electron chi connectivity index (χ0n) is 29.7. The van der Waals surface area contributed by atoms with Gasteiger partial charge >= 0.3 is 7.82 Å². The molecule has 0 aliphatic carbocycles. The number of nitrogens with zero attached hydrogens (tertiary/aromatic N) is 5. The first-order chi connectivity index (χ1) is 24.1. The molecule has 3 aromatic rings. The number of phosphoric ester groups is 1. The van der Waals surface area contributed by atoms with E-state index >= 15 is 0 Å². The SMILES string of the molecule is CCCCCCCCCCCCCCOC[C@H](COP(=O)(O)OC[C@@](C)(OC)[C@@H](O)Cc1ccc2c(N)ncnn12)Oc1ccc(C#N)cn1. The molecule has 0 saturated carbocycles. The Morgan fingerprint density at radius 3 is 2.28 bits per heavy atom. The van der Waals surface area contributed by atoms with Crippen LogP contribution in [0.15, 0.2) is 36.8 Å². The number of nitriles is 1. The molecule has 0 aliphatic rings. The molecule has 15 heteroatoms. The summed E-state index contributed by atoms with van der Waals surface area (Å²) in [5.74, 6) is 0.504. The molecule has 0 fully saturated rings. The van der Waals surface area contributed by atoms with E-state index in [1.807, 2.05) is 6.07 Å². The van der Waals surface area contributed by atoms with Gasteiger partial charge in [-0.25, -0.2) is 19.0 Å². The number of ether oxygens (including phenoxy) is 3. The van der Waals surface area contributed by atoms with Gasteiger partial charge in [0, 0.05) is 38.1 Å². The van der Waals surface area contributed by atoms with E-state index in [0.29, 0.717) is 29.2 Å². The second-order valence-electron chi connectivity index (χ2n) is 12.7. The van der Waals surface area contributed by atoms with Crippen molar-refractivity contribution in [1.82, 2.24) is 19.6 Å². The van der Waals surface area contributed by atoms with Crippen LogP contribution in [-0.2, 0) is 29.5 Å². The molecule has 4 atom stereocenters. The Hall–Kier alpha value is -3.15. The number of aliphatic hydroxyl groups is 1. The quantitative estimate of drug-likeness (QED) is 0.0597. The minimum Gasteiger partial charge on any atom is -0.469 e. The summed E-state index contributed by atoms with van der Waals surface area (Å²) >= 11 is 0. The third-order valence-electron chi connectivity index (χ3n) is 8.67. The number of rotatable bonds is 27. The van der Waals surface area contributed by atoms with Crippen molar-refractivity contribution >= 4 is 19.2 Å².